The molecular formula is C12H10ClNO. The van der Waals surface area contributed by atoms with Crippen molar-refractivity contribution in [2.24, 2.45) is 0 Å². The Labute approximate surface area is 92.9 Å². The van der Waals surface area contributed by atoms with E-state index in [0.717, 1.165) is 28.4 Å². The molecule has 1 aromatic carbocycles. The van der Waals surface area contributed by atoms with Gasteiger partial charge in [-0.05, 0) is 37.6 Å². The minimum Gasteiger partial charge on any atom is -0.298 e. The molecule has 2 aromatic rings. The molecule has 0 aliphatic rings. The van der Waals surface area contributed by atoms with E-state index in [1.54, 1.807) is 6.07 Å². The Morgan fingerprint density at radius 1 is 1.27 bits per heavy atom. The number of aldehydes is 1. The van der Waals surface area contributed by atoms with Gasteiger partial charge in [0.15, 0.2) is 6.29 Å². The first-order valence-electron chi connectivity index (χ1n) is 4.64. The molecule has 2 nitrogen and oxygen atoms in total. The van der Waals surface area contributed by atoms with Crippen LogP contribution >= 0.6 is 11.6 Å². The third-order valence-electron chi connectivity index (χ3n) is 2.37. The van der Waals surface area contributed by atoms with Crippen LogP contribution in [0.4, 0.5) is 0 Å². The summed E-state index contributed by atoms with van der Waals surface area (Å²) in [6, 6.07) is 5.46. The fourth-order valence-electron chi connectivity index (χ4n) is 1.74. The number of aromatic nitrogens is 1. The van der Waals surface area contributed by atoms with E-state index in [1.807, 2.05) is 26.0 Å². The first-order chi connectivity index (χ1) is 7.11. The summed E-state index contributed by atoms with van der Waals surface area (Å²) >= 11 is 5.93. The zero-order valence-corrected chi connectivity index (χ0v) is 9.30. The molecule has 0 aliphatic heterocycles. The largest absolute Gasteiger partial charge is 0.298 e. The molecule has 0 bridgehead atoms. The van der Waals surface area contributed by atoms with Crippen molar-refractivity contribution < 1.29 is 4.79 Å². The van der Waals surface area contributed by atoms with Gasteiger partial charge in [-0.25, -0.2) is 0 Å². The zero-order chi connectivity index (χ0) is 11.0. The predicted octanol–water partition coefficient (Wildman–Crippen LogP) is 3.32. The summed E-state index contributed by atoms with van der Waals surface area (Å²) in [7, 11) is 0. The van der Waals surface area contributed by atoms with E-state index in [9.17, 15) is 4.79 Å². The molecule has 0 saturated heterocycles. The Hall–Kier alpha value is -1.41. The summed E-state index contributed by atoms with van der Waals surface area (Å²) < 4.78 is 0. The van der Waals surface area contributed by atoms with Gasteiger partial charge in [0, 0.05) is 21.7 Å². The standard InChI is InChI=1S/C12H10ClNO/c1-7-3-8(2)14-12-9(6-15)4-10(13)5-11(7)12/h3-6H,1-2H3. The molecule has 0 N–H and O–H groups in total. The van der Waals surface area contributed by atoms with E-state index in [2.05, 4.69) is 4.98 Å². The molecule has 0 radical (unpaired) electrons. The maximum atomic E-state index is 10.9. The number of benzene rings is 1. The van der Waals surface area contributed by atoms with Crippen LogP contribution in [0, 0.1) is 13.8 Å². The lowest BCUT2D eigenvalue weighted by Crippen LogP contribution is -1.92. The molecule has 0 atom stereocenters. The van der Waals surface area contributed by atoms with Gasteiger partial charge in [-0.15, -0.1) is 0 Å². The minimum atomic E-state index is 0.546. The van der Waals surface area contributed by atoms with Gasteiger partial charge in [0.2, 0.25) is 0 Å². The first kappa shape index (κ1) is 10.1. The van der Waals surface area contributed by atoms with Crippen molar-refractivity contribution in [2.75, 3.05) is 0 Å². The zero-order valence-electron chi connectivity index (χ0n) is 8.54. The van der Waals surface area contributed by atoms with E-state index >= 15 is 0 Å². The van der Waals surface area contributed by atoms with Crippen LogP contribution in [0.1, 0.15) is 21.6 Å². The highest BCUT2D eigenvalue weighted by molar-refractivity contribution is 6.31. The van der Waals surface area contributed by atoms with Gasteiger partial charge in [0.1, 0.15) is 0 Å². The third kappa shape index (κ3) is 1.73. The fourth-order valence-corrected chi connectivity index (χ4v) is 1.96. The number of carbonyl (C=O) groups is 1. The van der Waals surface area contributed by atoms with Crippen molar-refractivity contribution >= 4 is 28.8 Å². The van der Waals surface area contributed by atoms with Gasteiger partial charge in [0.05, 0.1) is 5.52 Å². The monoisotopic (exact) mass is 219 g/mol. The van der Waals surface area contributed by atoms with Crippen LogP contribution in [0.25, 0.3) is 10.9 Å². The molecule has 0 unspecified atom stereocenters. The number of halogens is 1. The van der Waals surface area contributed by atoms with E-state index in [1.165, 1.54) is 0 Å². The summed E-state index contributed by atoms with van der Waals surface area (Å²) in [5.41, 5.74) is 3.27. The molecule has 76 valence electrons. The topological polar surface area (TPSA) is 30.0 Å². The molecular weight excluding hydrogens is 210 g/mol. The molecule has 0 spiro atoms. The van der Waals surface area contributed by atoms with Crippen molar-refractivity contribution in [1.82, 2.24) is 4.98 Å². The third-order valence-corrected chi connectivity index (χ3v) is 2.59. The smallest absolute Gasteiger partial charge is 0.152 e. The number of hydrogen-bond acceptors (Lipinski definition) is 2. The number of fused-ring (bicyclic) bond motifs is 1. The number of aryl methyl sites for hydroxylation is 2. The van der Waals surface area contributed by atoms with Crippen molar-refractivity contribution in [3.63, 3.8) is 0 Å². The molecule has 0 saturated carbocycles. The Morgan fingerprint density at radius 3 is 2.67 bits per heavy atom. The summed E-state index contributed by atoms with van der Waals surface area (Å²) in [4.78, 5) is 15.3. The number of carbonyl (C=O) groups excluding carboxylic acids is 1. The maximum Gasteiger partial charge on any atom is 0.152 e. The van der Waals surface area contributed by atoms with Gasteiger partial charge in [0.25, 0.3) is 0 Å². The molecule has 2 rings (SSSR count). The fraction of sp³-hybridized carbons (Fsp3) is 0.167. The highest BCUT2D eigenvalue weighted by Gasteiger charge is 2.06. The molecule has 0 amide bonds. The van der Waals surface area contributed by atoms with Crippen molar-refractivity contribution in [3.05, 3.63) is 40.0 Å². The number of hydrogen-bond donors (Lipinski definition) is 0. The van der Waals surface area contributed by atoms with E-state index < -0.39 is 0 Å². The lowest BCUT2D eigenvalue weighted by Gasteiger charge is -2.06. The maximum absolute atomic E-state index is 10.9. The van der Waals surface area contributed by atoms with Crippen molar-refractivity contribution in [3.8, 4) is 0 Å². The van der Waals surface area contributed by atoms with Gasteiger partial charge in [-0.3, -0.25) is 9.78 Å². The van der Waals surface area contributed by atoms with E-state index in [0.29, 0.717) is 10.6 Å². The van der Waals surface area contributed by atoms with Gasteiger partial charge in [-0.2, -0.15) is 0 Å². The number of rotatable bonds is 1. The van der Waals surface area contributed by atoms with E-state index in [4.69, 9.17) is 11.6 Å². The van der Waals surface area contributed by atoms with E-state index in [-0.39, 0.29) is 0 Å². The summed E-state index contributed by atoms with van der Waals surface area (Å²) in [5.74, 6) is 0. The lowest BCUT2D eigenvalue weighted by atomic mass is 10.1. The average molecular weight is 220 g/mol. The van der Waals surface area contributed by atoms with Gasteiger partial charge < -0.3 is 0 Å². The quantitative estimate of drug-likeness (QED) is 0.689. The molecule has 1 heterocycles. The predicted molar refractivity (Wildman–Crippen MR) is 61.6 cm³/mol. The van der Waals surface area contributed by atoms with Crippen LogP contribution in [-0.4, -0.2) is 11.3 Å². The molecule has 3 heteroatoms. The van der Waals surface area contributed by atoms with Crippen molar-refractivity contribution in [2.45, 2.75) is 13.8 Å². The highest BCUT2D eigenvalue weighted by atomic mass is 35.5. The molecule has 0 fully saturated rings. The lowest BCUT2D eigenvalue weighted by molar-refractivity contribution is 0.112. The second-order valence-corrected chi connectivity index (χ2v) is 4.03. The summed E-state index contributed by atoms with van der Waals surface area (Å²) in [6.45, 7) is 3.90. The van der Waals surface area contributed by atoms with Gasteiger partial charge in [-0.1, -0.05) is 11.6 Å². The Balaban J connectivity index is 2.95. The molecule has 1 aromatic heterocycles. The Bertz CT molecular complexity index is 549. The van der Waals surface area contributed by atoms with Crippen LogP contribution in [0.2, 0.25) is 5.02 Å². The van der Waals surface area contributed by atoms with Crippen LogP contribution in [0.15, 0.2) is 18.2 Å². The number of nitrogens with zero attached hydrogens (tertiary/aromatic N) is 1. The highest BCUT2D eigenvalue weighted by Crippen LogP contribution is 2.24. The van der Waals surface area contributed by atoms with Crippen LogP contribution < -0.4 is 0 Å². The van der Waals surface area contributed by atoms with Crippen molar-refractivity contribution in [1.29, 1.82) is 0 Å². The summed E-state index contributed by atoms with van der Waals surface area (Å²) in [5, 5.41) is 1.51. The molecule has 0 aliphatic carbocycles. The molecule has 15 heavy (non-hydrogen) atoms. The van der Waals surface area contributed by atoms with Gasteiger partial charge >= 0.3 is 0 Å². The van der Waals surface area contributed by atoms with Crippen LogP contribution in [0.3, 0.4) is 0 Å². The number of pyridine rings is 1. The average Bonchev–Trinajstić information content (AvgIpc) is 2.18. The van der Waals surface area contributed by atoms with Crippen LogP contribution in [-0.2, 0) is 0 Å². The minimum absolute atomic E-state index is 0.546. The summed E-state index contributed by atoms with van der Waals surface area (Å²) in [6.07, 6.45) is 0.792. The SMILES string of the molecule is Cc1cc(C)c2cc(Cl)cc(C=O)c2n1. The second-order valence-electron chi connectivity index (χ2n) is 3.59. The first-order valence-corrected chi connectivity index (χ1v) is 5.02. The Kier molecular flexibility index (Phi) is 2.45. The van der Waals surface area contributed by atoms with Crippen LogP contribution in [0.5, 0.6) is 0 Å². The second kappa shape index (κ2) is 3.63. The normalized spacial score (nSPS) is 10.6. The Morgan fingerprint density at radius 2 is 2.00 bits per heavy atom.